The molecule has 0 spiro atoms. The van der Waals surface area contributed by atoms with Crippen LogP contribution in [0.25, 0.3) is 0 Å². The molecule has 5 nitrogen and oxygen atoms in total. The number of carbonyl (C=O) groups excluding carboxylic acids is 2. The lowest BCUT2D eigenvalue weighted by atomic mass is 9.95. The van der Waals surface area contributed by atoms with Crippen LogP contribution in [0, 0.1) is 12.8 Å². The standard InChI is InChI=1S/C21H22F2N2O3/c1-14-4-2-3-5-18(14)20(27)25-12-10-15(11-13-25)19(26)24-16-6-8-17(9-7-16)28-21(22)23/h2-9,15,21H,10-13H2,1H3,(H,24,26). The Labute approximate surface area is 162 Å². The van der Waals surface area contributed by atoms with Gasteiger partial charge >= 0.3 is 6.61 Å². The number of anilines is 1. The van der Waals surface area contributed by atoms with Gasteiger partial charge in [0.25, 0.3) is 5.91 Å². The molecule has 0 aliphatic carbocycles. The van der Waals surface area contributed by atoms with Crippen LogP contribution < -0.4 is 10.1 Å². The summed E-state index contributed by atoms with van der Waals surface area (Å²) < 4.78 is 28.6. The number of nitrogens with zero attached hydrogens (tertiary/aromatic N) is 1. The molecule has 2 aromatic carbocycles. The van der Waals surface area contributed by atoms with Gasteiger partial charge in [0.2, 0.25) is 5.91 Å². The van der Waals surface area contributed by atoms with Crippen LogP contribution in [0.4, 0.5) is 14.5 Å². The van der Waals surface area contributed by atoms with Crippen molar-refractivity contribution in [1.82, 2.24) is 4.90 Å². The van der Waals surface area contributed by atoms with Crippen LogP contribution in [0.2, 0.25) is 0 Å². The summed E-state index contributed by atoms with van der Waals surface area (Å²) in [6.07, 6.45) is 1.16. The first-order valence-electron chi connectivity index (χ1n) is 9.14. The normalized spacial score (nSPS) is 14.8. The van der Waals surface area contributed by atoms with Crippen LogP contribution in [0.1, 0.15) is 28.8 Å². The summed E-state index contributed by atoms with van der Waals surface area (Å²) in [6.45, 7) is 0.0668. The molecular weight excluding hydrogens is 366 g/mol. The lowest BCUT2D eigenvalue weighted by Crippen LogP contribution is -2.41. The molecule has 148 valence electrons. The molecule has 1 fully saturated rings. The molecule has 2 aromatic rings. The molecule has 1 heterocycles. The Hall–Kier alpha value is -2.96. The molecule has 0 unspecified atom stereocenters. The molecule has 0 atom stereocenters. The minimum absolute atomic E-state index is 0.00780. The van der Waals surface area contributed by atoms with E-state index in [1.54, 1.807) is 4.90 Å². The summed E-state index contributed by atoms with van der Waals surface area (Å²) >= 11 is 0. The first-order valence-corrected chi connectivity index (χ1v) is 9.14. The number of nitrogens with one attached hydrogen (secondary N) is 1. The van der Waals surface area contributed by atoms with Crippen LogP contribution in [0.3, 0.4) is 0 Å². The molecule has 1 aliphatic rings. The Morgan fingerprint density at radius 2 is 1.71 bits per heavy atom. The Balaban J connectivity index is 1.52. The van der Waals surface area contributed by atoms with Crippen molar-refractivity contribution in [3.05, 3.63) is 59.7 Å². The van der Waals surface area contributed by atoms with E-state index in [-0.39, 0.29) is 23.5 Å². The van der Waals surface area contributed by atoms with E-state index in [0.717, 1.165) is 5.56 Å². The molecule has 1 N–H and O–H groups in total. The van der Waals surface area contributed by atoms with E-state index in [0.29, 0.717) is 37.2 Å². The minimum Gasteiger partial charge on any atom is -0.435 e. The summed E-state index contributed by atoms with van der Waals surface area (Å²) in [5, 5.41) is 2.79. The van der Waals surface area contributed by atoms with E-state index < -0.39 is 6.61 Å². The summed E-state index contributed by atoms with van der Waals surface area (Å²) in [7, 11) is 0. The van der Waals surface area contributed by atoms with Gasteiger partial charge in [-0.15, -0.1) is 0 Å². The van der Waals surface area contributed by atoms with Crippen LogP contribution in [-0.4, -0.2) is 36.4 Å². The van der Waals surface area contributed by atoms with E-state index in [4.69, 9.17) is 0 Å². The van der Waals surface area contributed by atoms with Crippen molar-refractivity contribution in [1.29, 1.82) is 0 Å². The average molecular weight is 388 g/mol. The third kappa shape index (κ3) is 4.85. The Morgan fingerprint density at radius 3 is 2.32 bits per heavy atom. The van der Waals surface area contributed by atoms with Crippen LogP contribution >= 0.6 is 0 Å². The second-order valence-electron chi connectivity index (χ2n) is 6.77. The molecule has 1 saturated heterocycles. The SMILES string of the molecule is Cc1ccccc1C(=O)N1CCC(C(=O)Nc2ccc(OC(F)F)cc2)CC1. The van der Waals surface area contributed by atoms with Crippen molar-refractivity contribution < 1.29 is 23.1 Å². The largest absolute Gasteiger partial charge is 0.435 e. The highest BCUT2D eigenvalue weighted by molar-refractivity contribution is 5.96. The molecule has 1 aliphatic heterocycles. The van der Waals surface area contributed by atoms with Crippen molar-refractivity contribution >= 4 is 17.5 Å². The van der Waals surface area contributed by atoms with Crippen molar-refractivity contribution in [2.75, 3.05) is 18.4 Å². The van der Waals surface area contributed by atoms with Crippen LogP contribution in [-0.2, 0) is 4.79 Å². The third-order valence-electron chi connectivity index (χ3n) is 4.88. The quantitative estimate of drug-likeness (QED) is 0.839. The summed E-state index contributed by atoms with van der Waals surface area (Å²) in [5.74, 6) is -0.300. The number of halogens is 2. The summed E-state index contributed by atoms with van der Waals surface area (Å²) in [5.41, 5.74) is 2.15. The molecule has 0 bridgehead atoms. The zero-order valence-corrected chi connectivity index (χ0v) is 15.5. The number of hydrogen-bond donors (Lipinski definition) is 1. The lowest BCUT2D eigenvalue weighted by Gasteiger charge is -2.31. The molecule has 2 amide bonds. The fourth-order valence-corrected chi connectivity index (χ4v) is 3.29. The lowest BCUT2D eigenvalue weighted by molar-refractivity contribution is -0.121. The van der Waals surface area contributed by atoms with E-state index in [9.17, 15) is 18.4 Å². The van der Waals surface area contributed by atoms with Crippen molar-refractivity contribution in [3.8, 4) is 5.75 Å². The maximum absolute atomic E-state index is 12.7. The molecule has 7 heteroatoms. The average Bonchev–Trinajstić information content (AvgIpc) is 2.69. The fourth-order valence-electron chi connectivity index (χ4n) is 3.29. The molecule has 0 radical (unpaired) electrons. The van der Waals surface area contributed by atoms with Gasteiger partial charge < -0.3 is 15.0 Å². The summed E-state index contributed by atoms with van der Waals surface area (Å²) in [4.78, 5) is 26.9. The zero-order chi connectivity index (χ0) is 20.1. The molecule has 0 saturated carbocycles. The number of likely N-dealkylation sites (tertiary alicyclic amines) is 1. The Morgan fingerprint density at radius 1 is 1.07 bits per heavy atom. The van der Waals surface area contributed by atoms with Gasteiger partial charge in [-0.3, -0.25) is 9.59 Å². The third-order valence-corrected chi connectivity index (χ3v) is 4.88. The number of alkyl halides is 2. The molecule has 3 rings (SSSR count). The highest BCUT2D eigenvalue weighted by Gasteiger charge is 2.28. The second kappa shape index (κ2) is 8.82. The molecule has 0 aromatic heterocycles. The maximum atomic E-state index is 12.7. The van der Waals surface area contributed by atoms with Crippen LogP contribution in [0.5, 0.6) is 5.75 Å². The zero-order valence-electron chi connectivity index (χ0n) is 15.5. The van der Waals surface area contributed by atoms with Gasteiger partial charge in [-0.25, -0.2) is 0 Å². The number of rotatable bonds is 5. The van der Waals surface area contributed by atoms with E-state index in [1.165, 1.54) is 24.3 Å². The number of amides is 2. The highest BCUT2D eigenvalue weighted by Crippen LogP contribution is 2.23. The minimum atomic E-state index is -2.88. The van der Waals surface area contributed by atoms with Crippen molar-refractivity contribution in [2.24, 2.45) is 5.92 Å². The topological polar surface area (TPSA) is 58.6 Å². The number of aryl methyl sites for hydroxylation is 1. The number of benzene rings is 2. The Kier molecular flexibility index (Phi) is 6.23. The van der Waals surface area contributed by atoms with Gasteiger partial charge in [-0.2, -0.15) is 8.78 Å². The Bertz CT molecular complexity index is 832. The van der Waals surface area contributed by atoms with Gasteiger partial charge in [-0.1, -0.05) is 18.2 Å². The van der Waals surface area contributed by atoms with Crippen LogP contribution in [0.15, 0.2) is 48.5 Å². The monoisotopic (exact) mass is 388 g/mol. The molecular formula is C21H22F2N2O3. The van der Waals surface area contributed by atoms with Gasteiger partial charge in [0, 0.05) is 30.3 Å². The highest BCUT2D eigenvalue weighted by atomic mass is 19.3. The smallest absolute Gasteiger partial charge is 0.387 e. The summed E-state index contributed by atoms with van der Waals surface area (Å²) in [6, 6.07) is 13.3. The van der Waals surface area contributed by atoms with Crippen molar-refractivity contribution in [2.45, 2.75) is 26.4 Å². The van der Waals surface area contributed by atoms with Gasteiger partial charge in [0.15, 0.2) is 0 Å². The predicted octanol–water partition coefficient (Wildman–Crippen LogP) is 4.09. The van der Waals surface area contributed by atoms with Crippen molar-refractivity contribution in [3.63, 3.8) is 0 Å². The predicted molar refractivity (Wildman–Crippen MR) is 102 cm³/mol. The van der Waals surface area contributed by atoms with E-state index in [2.05, 4.69) is 10.1 Å². The number of carbonyl (C=O) groups is 2. The van der Waals surface area contributed by atoms with E-state index >= 15 is 0 Å². The number of piperidine rings is 1. The number of hydrogen-bond acceptors (Lipinski definition) is 3. The van der Waals surface area contributed by atoms with Gasteiger partial charge in [0.05, 0.1) is 0 Å². The first-order chi connectivity index (χ1) is 13.4. The molecule has 28 heavy (non-hydrogen) atoms. The van der Waals surface area contributed by atoms with E-state index in [1.807, 2.05) is 31.2 Å². The number of ether oxygens (including phenoxy) is 1. The fraction of sp³-hybridized carbons (Fsp3) is 0.333. The first kappa shape index (κ1) is 19.8. The van der Waals surface area contributed by atoms with Gasteiger partial charge in [0.1, 0.15) is 5.75 Å². The van der Waals surface area contributed by atoms with Gasteiger partial charge in [-0.05, 0) is 55.7 Å². The maximum Gasteiger partial charge on any atom is 0.387 e. The second-order valence-corrected chi connectivity index (χ2v) is 6.77.